The van der Waals surface area contributed by atoms with Crippen molar-refractivity contribution in [1.29, 1.82) is 0 Å². The minimum Gasteiger partial charge on any atom is -0.465 e. The molecule has 0 bridgehead atoms. The van der Waals surface area contributed by atoms with E-state index in [1.54, 1.807) is 45.0 Å². The zero-order chi connectivity index (χ0) is 29.0. The lowest BCUT2D eigenvalue weighted by molar-refractivity contribution is -0.152. The molecule has 40 heavy (non-hydrogen) atoms. The standard InChI is InChI=1S/C30H36N4O6/c1-19(35)31-23-16-11-15-22(28(37)39-5)27(23)34-29(38)33(18-25(36)40-30(2,3)4)24-17-10-9-14-21(24)26(32-34)20-12-7-6-8-13-20/h9-11,14-17,20H,6-8,12-13,18H2,1-5H3,(H,31,35). The number of benzene rings is 2. The fourth-order valence-corrected chi connectivity index (χ4v) is 5.16. The van der Waals surface area contributed by atoms with Crippen LogP contribution in [0.1, 0.15) is 75.7 Å². The number of amides is 3. The molecule has 0 saturated heterocycles. The summed E-state index contributed by atoms with van der Waals surface area (Å²) in [7, 11) is 1.24. The Kier molecular flexibility index (Phi) is 8.56. The first-order valence-electron chi connectivity index (χ1n) is 13.5. The number of rotatable bonds is 6. The first-order chi connectivity index (χ1) is 19.0. The molecule has 0 unspecified atom stereocenters. The number of para-hydroxylation sites is 2. The van der Waals surface area contributed by atoms with Crippen molar-refractivity contribution < 1.29 is 28.7 Å². The molecule has 1 saturated carbocycles. The van der Waals surface area contributed by atoms with Crippen molar-refractivity contribution in [3.63, 3.8) is 0 Å². The molecule has 0 atom stereocenters. The number of hydrogen-bond acceptors (Lipinski definition) is 7. The van der Waals surface area contributed by atoms with Crippen LogP contribution in [0.4, 0.5) is 21.9 Å². The maximum atomic E-state index is 14.4. The van der Waals surface area contributed by atoms with Gasteiger partial charge in [0.1, 0.15) is 17.8 Å². The highest BCUT2D eigenvalue weighted by atomic mass is 16.6. The zero-order valence-corrected chi connectivity index (χ0v) is 23.7. The van der Waals surface area contributed by atoms with E-state index in [4.69, 9.17) is 14.6 Å². The Bertz CT molecular complexity index is 1340. The summed E-state index contributed by atoms with van der Waals surface area (Å²) in [4.78, 5) is 53.8. The first kappa shape index (κ1) is 28.8. The number of hydrazone groups is 1. The van der Waals surface area contributed by atoms with Gasteiger partial charge in [-0.05, 0) is 51.8 Å². The number of fused-ring (bicyclic) bond motifs is 1. The van der Waals surface area contributed by atoms with E-state index < -0.39 is 29.5 Å². The van der Waals surface area contributed by atoms with Gasteiger partial charge < -0.3 is 14.8 Å². The number of nitrogens with zero attached hydrogens (tertiary/aromatic N) is 3. The minimum atomic E-state index is -0.759. The normalized spacial score (nSPS) is 16.0. The number of anilines is 3. The average Bonchev–Trinajstić information content (AvgIpc) is 3.02. The summed E-state index contributed by atoms with van der Waals surface area (Å²) in [5, 5.41) is 8.75. The summed E-state index contributed by atoms with van der Waals surface area (Å²) >= 11 is 0. The van der Waals surface area contributed by atoms with Gasteiger partial charge in [0.2, 0.25) is 5.91 Å². The number of carbonyl (C=O) groups excluding carboxylic acids is 4. The van der Waals surface area contributed by atoms with Gasteiger partial charge >= 0.3 is 18.0 Å². The molecule has 1 N–H and O–H groups in total. The van der Waals surface area contributed by atoms with Crippen LogP contribution in [0.15, 0.2) is 47.6 Å². The van der Waals surface area contributed by atoms with E-state index in [1.165, 1.54) is 25.0 Å². The van der Waals surface area contributed by atoms with Crippen LogP contribution < -0.4 is 15.2 Å². The summed E-state index contributed by atoms with van der Waals surface area (Å²) in [6.07, 6.45) is 4.95. The summed E-state index contributed by atoms with van der Waals surface area (Å²) < 4.78 is 10.6. The number of methoxy groups -OCH3 is 1. The molecule has 10 heteroatoms. The lowest BCUT2D eigenvalue weighted by Gasteiger charge is -2.29. The van der Waals surface area contributed by atoms with Crippen LogP contribution in [-0.4, -0.2) is 48.8 Å². The number of nitrogens with one attached hydrogen (secondary N) is 1. The molecule has 2 aliphatic rings. The molecule has 1 aliphatic carbocycles. The van der Waals surface area contributed by atoms with Crippen LogP contribution in [0.25, 0.3) is 0 Å². The van der Waals surface area contributed by atoms with Gasteiger partial charge in [-0.2, -0.15) is 10.1 Å². The highest BCUT2D eigenvalue weighted by molar-refractivity contribution is 6.19. The number of carbonyl (C=O) groups is 4. The second-order valence-electron chi connectivity index (χ2n) is 11.0. The molecule has 1 aliphatic heterocycles. The SMILES string of the molecule is COC(=O)c1cccc(NC(C)=O)c1N1N=C(C2CCCCC2)c2ccccc2N(CC(=O)OC(C)(C)C)C1=O. The second-order valence-corrected chi connectivity index (χ2v) is 11.0. The van der Waals surface area contributed by atoms with Crippen molar-refractivity contribution in [3.8, 4) is 0 Å². The molecule has 1 fully saturated rings. The van der Waals surface area contributed by atoms with Crippen LogP contribution in [-0.2, 0) is 19.1 Å². The molecule has 4 rings (SSSR count). The predicted molar refractivity (Wildman–Crippen MR) is 153 cm³/mol. The fourth-order valence-electron chi connectivity index (χ4n) is 5.16. The van der Waals surface area contributed by atoms with Crippen molar-refractivity contribution >= 4 is 46.7 Å². The molecule has 2 aromatic carbocycles. The lowest BCUT2D eigenvalue weighted by atomic mass is 9.83. The molecule has 10 nitrogen and oxygen atoms in total. The highest BCUT2D eigenvalue weighted by Crippen LogP contribution is 2.39. The van der Waals surface area contributed by atoms with E-state index in [2.05, 4.69) is 5.32 Å². The van der Waals surface area contributed by atoms with Crippen molar-refractivity contribution in [2.24, 2.45) is 11.0 Å². The van der Waals surface area contributed by atoms with E-state index >= 15 is 0 Å². The quantitative estimate of drug-likeness (QED) is 0.476. The van der Waals surface area contributed by atoms with Gasteiger partial charge in [0, 0.05) is 18.4 Å². The molecule has 0 spiro atoms. The van der Waals surface area contributed by atoms with Crippen LogP contribution in [0.5, 0.6) is 0 Å². The summed E-state index contributed by atoms with van der Waals surface area (Å²) in [5.74, 6) is -1.64. The molecular formula is C30H36N4O6. The number of esters is 2. The number of hydrogen-bond donors (Lipinski definition) is 1. The third kappa shape index (κ3) is 6.32. The summed E-state index contributed by atoms with van der Waals surface area (Å²) in [6.45, 7) is 6.22. The smallest absolute Gasteiger partial charge is 0.350 e. The van der Waals surface area contributed by atoms with Gasteiger partial charge in [0.25, 0.3) is 0 Å². The third-order valence-corrected chi connectivity index (χ3v) is 6.75. The van der Waals surface area contributed by atoms with E-state index in [-0.39, 0.29) is 29.4 Å². The Morgan fingerprint density at radius 2 is 1.73 bits per heavy atom. The van der Waals surface area contributed by atoms with Crippen LogP contribution in [0.2, 0.25) is 0 Å². The van der Waals surface area contributed by atoms with Crippen LogP contribution in [0, 0.1) is 5.92 Å². The molecule has 1 heterocycles. The van der Waals surface area contributed by atoms with Crippen molar-refractivity contribution in [2.45, 2.75) is 65.4 Å². The molecule has 212 valence electrons. The Morgan fingerprint density at radius 3 is 2.38 bits per heavy atom. The van der Waals surface area contributed by atoms with Gasteiger partial charge in [-0.3, -0.25) is 14.5 Å². The summed E-state index contributed by atoms with van der Waals surface area (Å²) in [6, 6.07) is 11.3. The largest absolute Gasteiger partial charge is 0.465 e. The summed E-state index contributed by atoms with van der Waals surface area (Å²) in [5.41, 5.74) is 1.47. The Labute approximate surface area is 234 Å². The fraction of sp³-hybridized carbons (Fsp3) is 0.433. The lowest BCUT2D eigenvalue weighted by Crippen LogP contribution is -2.45. The van der Waals surface area contributed by atoms with Gasteiger partial charge in [-0.25, -0.2) is 9.59 Å². The third-order valence-electron chi connectivity index (χ3n) is 6.75. The van der Waals surface area contributed by atoms with Gasteiger partial charge in [0.05, 0.1) is 29.8 Å². The highest BCUT2D eigenvalue weighted by Gasteiger charge is 2.38. The monoisotopic (exact) mass is 548 g/mol. The molecule has 0 aromatic heterocycles. The Morgan fingerprint density at radius 1 is 1.02 bits per heavy atom. The van der Waals surface area contributed by atoms with Gasteiger partial charge in [-0.15, -0.1) is 0 Å². The second kappa shape index (κ2) is 11.9. The molecule has 2 aromatic rings. The molecular weight excluding hydrogens is 512 g/mol. The zero-order valence-electron chi connectivity index (χ0n) is 23.7. The Hall–Kier alpha value is -4.21. The first-order valence-corrected chi connectivity index (χ1v) is 13.5. The van der Waals surface area contributed by atoms with Crippen molar-refractivity contribution in [1.82, 2.24) is 0 Å². The average molecular weight is 549 g/mol. The van der Waals surface area contributed by atoms with E-state index in [1.807, 2.05) is 12.1 Å². The van der Waals surface area contributed by atoms with Gasteiger partial charge in [-0.1, -0.05) is 43.5 Å². The predicted octanol–water partition coefficient (Wildman–Crippen LogP) is 5.50. The van der Waals surface area contributed by atoms with Crippen molar-refractivity contribution in [2.75, 3.05) is 28.9 Å². The van der Waals surface area contributed by atoms with E-state index in [0.29, 0.717) is 11.4 Å². The maximum Gasteiger partial charge on any atom is 0.350 e. The number of ether oxygens (including phenoxy) is 2. The van der Waals surface area contributed by atoms with E-state index in [9.17, 15) is 19.2 Å². The minimum absolute atomic E-state index is 0.0389. The topological polar surface area (TPSA) is 118 Å². The van der Waals surface area contributed by atoms with Crippen LogP contribution in [0.3, 0.4) is 0 Å². The molecule has 3 amide bonds. The van der Waals surface area contributed by atoms with E-state index in [0.717, 1.165) is 42.7 Å². The van der Waals surface area contributed by atoms with Crippen LogP contribution >= 0.6 is 0 Å². The van der Waals surface area contributed by atoms with Crippen molar-refractivity contribution in [3.05, 3.63) is 53.6 Å². The maximum absolute atomic E-state index is 14.4. The molecule has 0 radical (unpaired) electrons. The van der Waals surface area contributed by atoms with Gasteiger partial charge in [0.15, 0.2) is 0 Å². The number of urea groups is 1. The Balaban J connectivity index is 1.96.